The van der Waals surface area contributed by atoms with Gasteiger partial charge in [0.2, 0.25) is 0 Å². The molecule has 0 fully saturated rings. The molecule has 0 bridgehead atoms. The van der Waals surface area contributed by atoms with Crippen LogP contribution in [0.25, 0.3) is 0 Å². The van der Waals surface area contributed by atoms with Gasteiger partial charge < -0.3 is 9.47 Å². The number of ether oxygens (including phenoxy) is 2. The normalized spacial score (nSPS) is 10.4. The zero-order valence-corrected chi connectivity index (χ0v) is 11.7. The largest absolute Gasteiger partial charge is 0.497 e. The Morgan fingerprint density at radius 1 is 1.24 bits per heavy atom. The molecule has 0 saturated carbocycles. The minimum absolute atomic E-state index is 0.302. The molecule has 21 heavy (non-hydrogen) atoms. The lowest BCUT2D eigenvalue weighted by atomic mass is 10.2. The summed E-state index contributed by atoms with van der Waals surface area (Å²) in [4.78, 5) is 15.7. The summed E-state index contributed by atoms with van der Waals surface area (Å²) in [7, 11) is 3.13. The van der Waals surface area contributed by atoms with E-state index in [0.29, 0.717) is 17.2 Å². The third-order valence-electron chi connectivity index (χ3n) is 2.71. The summed E-state index contributed by atoms with van der Waals surface area (Å²) in [5, 5.41) is 3.90. The highest BCUT2D eigenvalue weighted by atomic mass is 16.5. The average molecular weight is 285 g/mol. The fourth-order valence-electron chi connectivity index (χ4n) is 1.64. The van der Waals surface area contributed by atoms with Crippen LogP contribution in [0.2, 0.25) is 0 Å². The van der Waals surface area contributed by atoms with Gasteiger partial charge in [0.15, 0.2) is 0 Å². The van der Waals surface area contributed by atoms with Crippen molar-refractivity contribution in [3.05, 3.63) is 53.9 Å². The first-order chi connectivity index (χ1) is 10.2. The predicted molar refractivity (Wildman–Crippen MR) is 78.8 cm³/mol. The third kappa shape index (κ3) is 3.79. The Hall–Kier alpha value is -2.89. The summed E-state index contributed by atoms with van der Waals surface area (Å²) in [6.07, 6.45) is 3.05. The Kier molecular flexibility index (Phi) is 4.87. The molecule has 1 amide bonds. The summed E-state index contributed by atoms with van der Waals surface area (Å²) in [5.74, 6) is 0.908. The highest BCUT2D eigenvalue weighted by Crippen LogP contribution is 2.22. The summed E-state index contributed by atoms with van der Waals surface area (Å²) in [6.45, 7) is 0. The Labute approximate surface area is 122 Å². The van der Waals surface area contributed by atoms with Crippen LogP contribution in [0.5, 0.6) is 11.5 Å². The first-order valence-corrected chi connectivity index (χ1v) is 6.21. The van der Waals surface area contributed by atoms with Crippen LogP contribution in [-0.2, 0) is 0 Å². The van der Waals surface area contributed by atoms with E-state index in [9.17, 15) is 4.79 Å². The van der Waals surface area contributed by atoms with E-state index >= 15 is 0 Å². The van der Waals surface area contributed by atoms with Crippen molar-refractivity contribution in [1.82, 2.24) is 10.4 Å². The lowest BCUT2D eigenvalue weighted by molar-refractivity contribution is 0.0950. The second-order valence-electron chi connectivity index (χ2n) is 4.02. The molecule has 0 aliphatic heterocycles. The number of pyridine rings is 1. The van der Waals surface area contributed by atoms with Gasteiger partial charge in [-0.2, -0.15) is 5.10 Å². The van der Waals surface area contributed by atoms with Crippen LogP contribution in [0, 0.1) is 0 Å². The molecule has 0 spiro atoms. The standard InChI is InChI=1S/C15H15N3O3/c1-20-12-7-6-11(14(9-12)21-2)10-17-18-15(19)13-5-3-4-8-16-13/h3-10H,1-2H3,(H,18,19)/b17-10+. The van der Waals surface area contributed by atoms with Gasteiger partial charge in [-0.25, -0.2) is 5.43 Å². The van der Waals surface area contributed by atoms with E-state index in [1.165, 1.54) is 6.21 Å². The van der Waals surface area contributed by atoms with Crippen molar-refractivity contribution in [1.29, 1.82) is 0 Å². The minimum atomic E-state index is -0.376. The van der Waals surface area contributed by atoms with E-state index in [1.807, 2.05) is 0 Å². The molecule has 0 radical (unpaired) electrons. The van der Waals surface area contributed by atoms with E-state index in [-0.39, 0.29) is 5.91 Å². The van der Waals surface area contributed by atoms with Crippen LogP contribution < -0.4 is 14.9 Å². The molecule has 1 heterocycles. The van der Waals surface area contributed by atoms with Gasteiger partial charge >= 0.3 is 0 Å². The van der Waals surface area contributed by atoms with Crippen molar-refractivity contribution < 1.29 is 14.3 Å². The minimum Gasteiger partial charge on any atom is -0.497 e. The lowest BCUT2D eigenvalue weighted by Gasteiger charge is -2.06. The maximum absolute atomic E-state index is 11.8. The van der Waals surface area contributed by atoms with Gasteiger partial charge in [-0.3, -0.25) is 9.78 Å². The van der Waals surface area contributed by atoms with Crippen molar-refractivity contribution in [3.63, 3.8) is 0 Å². The van der Waals surface area contributed by atoms with Crippen molar-refractivity contribution in [2.45, 2.75) is 0 Å². The number of carbonyl (C=O) groups excluding carboxylic acids is 1. The first kappa shape index (κ1) is 14.5. The van der Waals surface area contributed by atoms with Crippen molar-refractivity contribution in [2.24, 2.45) is 5.10 Å². The number of hydrogen-bond acceptors (Lipinski definition) is 5. The SMILES string of the molecule is COc1ccc(/C=N/NC(=O)c2ccccn2)c(OC)c1. The van der Waals surface area contributed by atoms with Crippen LogP contribution in [0.15, 0.2) is 47.7 Å². The molecule has 0 saturated heterocycles. The molecule has 0 aliphatic rings. The van der Waals surface area contributed by atoms with Crippen LogP contribution in [0.1, 0.15) is 16.1 Å². The van der Waals surface area contributed by atoms with Crippen LogP contribution in [0.3, 0.4) is 0 Å². The molecule has 6 heteroatoms. The Balaban J connectivity index is 2.06. The molecule has 0 unspecified atom stereocenters. The fraction of sp³-hybridized carbons (Fsp3) is 0.133. The fourth-order valence-corrected chi connectivity index (χ4v) is 1.64. The molecule has 2 rings (SSSR count). The Morgan fingerprint density at radius 2 is 2.10 bits per heavy atom. The number of hydrogen-bond donors (Lipinski definition) is 1. The van der Waals surface area contributed by atoms with E-state index in [4.69, 9.17) is 9.47 Å². The summed E-state index contributed by atoms with van der Waals surface area (Å²) in [6, 6.07) is 10.4. The number of aromatic nitrogens is 1. The third-order valence-corrected chi connectivity index (χ3v) is 2.71. The molecule has 1 aromatic heterocycles. The summed E-state index contributed by atoms with van der Waals surface area (Å²) >= 11 is 0. The maximum Gasteiger partial charge on any atom is 0.289 e. The molecule has 6 nitrogen and oxygen atoms in total. The molecule has 0 aliphatic carbocycles. The van der Waals surface area contributed by atoms with Gasteiger partial charge in [0.1, 0.15) is 17.2 Å². The van der Waals surface area contributed by atoms with Crippen LogP contribution >= 0.6 is 0 Å². The highest BCUT2D eigenvalue weighted by molar-refractivity contribution is 5.93. The smallest absolute Gasteiger partial charge is 0.289 e. The Morgan fingerprint density at radius 3 is 2.76 bits per heavy atom. The van der Waals surface area contributed by atoms with Gasteiger partial charge in [-0.15, -0.1) is 0 Å². The predicted octanol–water partition coefficient (Wildman–Crippen LogP) is 1.86. The zero-order chi connectivity index (χ0) is 15.1. The first-order valence-electron chi connectivity index (χ1n) is 6.21. The topological polar surface area (TPSA) is 72.8 Å². The van der Waals surface area contributed by atoms with Gasteiger partial charge in [0.05, 0.1) is 20.4 Å². The molecule has 0 atom stereocenters. The molecular formula is C15H15N3O3. The van der Waals surface area contributed by atoms with E-state index in [0.717, 1.165) is 5.56 Å². The van der Waals surface area contributed by atoms with E-state index < -0.39 is 0 Å². The summed E-state index contributed by atoms with van der Waals surface area (Å²) in [5.41, 5.74) is 3.43. The zero-order valence-electron chi connectivity index (χ0n) is 11.7. The quantitative estimate of drug-likeness (QED) is 0.672. The Bertz CT molecular complexity index is 642. The second kappa shape index (κ2) is 7.04. The van der Waals surface area contributed by atoms with Crippen molar-refractivity contribution >= 4 is 12.1 Å². The molecule has 2 aromatic rings. The highest BCUT2D eigenvalue weighted by Gasteiger charge is 2.05. The molecule has 1 aromatic carbocycles. The lowest BCUT2D eigenvalue weighted by Crippen LogP contribution is -2.18. The molecule has 1 N–H and O–H groups in total. The number of methoxy groups -OCH3 is 2. The summed E-state index contributed by atoms with van der Waals surface area (Å²) < 4.78 is 10.3. The van der Waals surface area contributed by atoms with Crippen LogP contribution in [0.4, 0.5) is 0 Å². The number of hydrazone groups is 1. The number of benzene rings is 1. The number of nitrogens with zero attached hydrogens (tertiary/aromatic N) is 2. The second-order valence-corrected chi connectivity index (χ2v) is 4.02. The molecule has 108 valence electrons. The average Bonchev–Trinajstić information content (AvgIpc) is 2.55. The van der Waals surface area contributed by atoms with Gasteiger partial charge in [-0.05, 0) is 24.3 Å². The van der Waals surface area contributed by atoms with Crippen molar-refractivity contribution in [2.75, 3.05) is 14.2 Å². The number of amides is 1. The van der Waals surface area contributed by atoms with Gasteiger partial charge in [0.25, 0.3) is 5.91 Å². The number of rotatable bonds is 5. The van der Waals surface area contributed by atoms with Gasteiger partial charge in [-0.1, -0.05) is 6.07 Å². The molecular weight excluding hydrogens is 270 g/mol. The van der Waals surface area contributed by atoms with Gasteiger partial charge in [0, 0.05) is 17.8 Å². The van der Waals surface area contributed by atoms with E-state index in [1.54, 1.807) is 56.8 Å². The van der Waals surface area contributed by atoms with Crippen molar-refractivity contribution in [3.8, 4) is 11.5 Å². The van der Waals surface area contributed by atoms with Crippen LogP contribution in [-0.4, -0.2) is 31.3 Å². The number of nitrogens with one attached hydrogen (secondary N) is 1. The maximum atomic E-state index is 11.8. The number of carbonyl (C=O) groups is 1. The monoisotopic (exact) mass is 285 g/mol. The van der Waals surface area contributed by atoms with E-state index in [2.05, 4.69) is 15.5 Å².